The maximum atomic E-state index is 12.3. The number of nitrogens with one attached hydrogen (secondary N) is 1. The fraction of sp³-hybridized carbons (Fsp3) is 0.481. The second kappa shape index (κ2) is 10.8. The topological polar surface area (TPSA) is 50.2 Å². The zero-order valence-electron chi connectivity index (χ0n) is 19.5. The third-order valence-electron chi connectivity index (χ3n) is 6.40. The van der Waals surface area contributed by atoms with Crippen molar-refractivity contribution in [2.45, 2.75) is 46.1 Å². The summed E-state index contributed by atoms with van der Waals surface area (Å²) in [5.41, 5.74) is 3.25. The molecule has 0 unspecified atom stereocenters. The minimum absolute atomic E-state index is 0.144. The summed E-state index contributed by atoms with van der Waals surface area (Å²) >= 11 is 0. The van der Waals surface area contributed by atoms with Crippen molar-refractivity contribution in [3.8, 4) is 11.3 Å². The standard InChI is InChI=1S/C27H36N4O/c1-21-18-22(2)20-30(19-21)16-9-15-28-26(32)14-8-17-31-25-13-7-6-12-24(25)27(29-31)23-10-4-3-5-11-23/h3-7,10-13,21-22H,8-9,14-20H2,1-2H3,(H,28,32)/t21-,22+. The van der Waals surface area contributed by atoms with Crippen LogP contribution in [0, 0.1) is 11.8 Å². The molecule has 2 atom stereocenters. The Balaban J connectivity index is 1.24. The van der Waals surface area contributed by atoms with Crippen molar-refractivity contribution in [1.82, 2.24) is 20.0 Å². The van der Waals surface area contributed by atoms with E-state index in [9.17, 15) is 4.79 Å². The lowest BCUT2D eigenvalue weighted by Gasteiger charge is -2.34. The van der Waals surface area contributed by atoms with Crippen molar-refractivity contribution in [3.63, 3.8) is 0 Å². The molecule has 5 heteroatoms. The largest absolute Gasteiger partial charge is 0.356 e. The van der Waals surface area contributed by atoms with Crippen LogP contribution in [0.4, 0.5) is 0 Å². The first-order valence-electron chi connectivity index (χ1n) is 12.1. The van der Waals surface area contributed by atoms with Crippen LogP contribution in [0.2, 0.25) is 0 Å². The highest BCUT2D eigenvalue weighted by atomic mass is 16.1. The average molecular weight is 433 g/mol. The SMILES string of the molecule is C[C@@H]1C[C@H](C)CN(CCCNC(=O)CCCn2nc(-c3ccccc3)c3ccccc32)C1. The van der Waals surface area contributed by atoms with Crippen LogP contribution < -0.4 is 5.32 Å². The molecule has 1 N–H and O–H groups in total. The number of hydrogen-bond donors (Lipinski definition) is 1. The molecule has 5 nitrogen and oxygen atoms in total. The van der Waals surface area contributed by atoms with Crippen molar-refractivity contribution in [3.05, 3.63) is 54.6 Å². The van der Waals surface area contributed by atoms with E-state index in [0.29, 0.717) is 6.42 Å². The van der Waals surface area contributed by atoms with Gasteiger partial charge in [0.15, 0.2) is 0 Å². The Kier molecular flexibility index (Phi) is 7.59. The zero-order valence-corrected chi connectivity index (χ0v) is 19.5. The molecule has 0 radical (unpaired) electrons. The zero-order chi connectivity index (χ0) is 22.3. The maximum Gasteiger partial charge on any atom is 0.220 e. The maximum absolute atomic E-state index is 12.3. The molecule has 0 aliphatic carbocycles. The first-order valence-corrected chi connectivity index (χ1v) is 12.1. The van der Waals surface area contributed by atoms with E-state index in [1.54, 1.807) is 0 Å². The van der Waals surface area contributed by atoms with Crippen LogP contribution in [0.3, 0.4) is 0 Å². The summed E-state index contributed by atoms with van der Waals surface area (Å²) in [7, 11) is 0. The van der Waals surface area contributed by atoms with Gasteiger partial charge < -0.3 is 10.2 Å². The normalized spacial score (nSPS) is 19.3. The van der Waals surface area contributed by atoms with Crippen molar-refractivity contribution >= 4 is 16.8 Å². The highest BCUT2D eigenvalue weighted by Crippen LogP contribution is 2.28. The summed E-state index contributed by atoms with van der Waals surface area (Å²) in [5, 5.41) is 9.14. The average Bonchev–Trinajstić information content (AvgIpc) is 3.16. The van der Waals surface area contributed by atoms with Gasteiger partial charge in [0.1, 0.15) is 5.69 Å². The predicted molar refractivity (Wildman–Crippen MR) is 131 cm³/mol. The van der Waals surface area contributed by atoms with E-state index in [2.05, 4.69) is 54.4 Å². The fourth-order valence-corrected chi connectivity index (χ4v) is 5.09. The number of carbonyl (C=O) groups is 1. The summed E-state index contributed by atoms with van der Waals surface area (Å²) in [6.07, 6.45) is 3.68. The van der Waals surface area contributed by atoms with E-state index in [1.807, 2.05) is 28.9 Å². The minimum atomic E-state index is 0.144. The lowest BCUT2D eigenvalue weighted by Crippen LogP contribution is -2.40. The number of rotatable bonds is 9. The monoisotopic (exact) mass is 432 g/mol. The molecule has 32 heavy (non-hydrogen) atoms. The molecule has 1 aliphatic rings. The Morgan fingerprint density at radius 1 is 0.969 bits per heavy atom. The Labute approximate surface area is 191 Å². The summed E-state index contributed by atoms with van der Waals surface area (Å²) in [4.78, 5) is 14.9. The number of benzene rings is 2. The van der Waals surface area contributed by atoms with Gasteiger partial charge in [-0.1, -0.05) is 62.4 Å². The molecule has 2 aromatic carbocycles. The quantitative estimate of drug-likeness (QED) is 0.486. The van der Waals surface area contributed by atoms with Gasteiger partial charge in [-0.15, -0.1) is 0 Å². The number of amides is 1. The van der Waals surface area contributed by atoms with Gasteiger partial charge in [0, 0.05) is 43.5 Å². The molecule has 1 aliphatic heterocycles. The van der Waals surface area contributed by atoms with Gasteiger partial charge >= 0.3 is 0 Å². The number of likely N-dealkylation sites (tertiary alicyclic amines) is 1. The molecule has 0 bridgehead atoms. The van der Waals surface area contributed by atoms with Crippen molar-refractivity contribution in [1.29, 1.82) is 0 Å². The van der Waals surface area contributed by atoms with Gasteiger partial charge in [0.25, 0.3) is 0 Å². The molecule has 4 rings (SSSR count). The van der Waals surface area contributed by atoms with Crippen molar-refractivity contribution in [2.24, 2.45) is 11.8 Å². The fourth-order valence-electron chi connectivity index (χ4n) is 5.09. The van der Waals surface area contributed by atoms with Gasteiger partial charge in [-0.25, -0.2) is 0 Å². The molecule has 2 heterocycles. The van der Waals surface area contributed by atoms with Crippen LogP contribution in [0.5, 0.6) is 0 Å². The smallest absolute Gasteiger partial charge is 0.220 e. The van der Waals surface area contributed by atoms with E-state index in [-0.39, 0.29) is 5.91 Å². The first-order chi connectivity index (χ1) is 15.6. The second-order valence-corrected chi connectivity index (χ2v) is 9.47. The number of aromatic nitrogens is 2. The van der Waals surface area contributed by atoms with E-state index in [0.717, 1.165) is 66.5 Å². The third-order valence-corrected chi connectivity index (χ3v) is 6.40. The van der Waals surface area contributed by atoms with Crippen LogP contribution >= 0.6 is 0 Å². The van der Waals surface area contributed by atoms with Crippen LogP contribution in [-0.2, 0) is 11.3 Å². The van der Waals surface area contributed by atoms with E-state index >= 15 is 0 Å². The molecule has 0 spiro atoms. The van der Waals surface area contributed by atoms with Crippen LogP contribution in [0.15, 0.2) is 54.6 Å². The van der Waals surface area contributed by atoms with Crippen LogP contribution in [0.1, 0.15) is 39.5 Å². The van der Waals surface area contributed by atoms with Gasteiger partial charge in [-0.05, 0) is 43.7 Å². The number of piperidine rings is 1. The van der Waals surface area contributed by atoms with Gasteiger partial charge in [-0.3, -0.25) is 9.48 Å². The molecule has 1 amide bonds. The second-order valence-electron chi connectivity index (χ2n) is 9.47. The number of aryl methyl sites for hydroxylation is 1. The summed E-state index contributed by atoms with van der Waals surface area (Å²) in [6, 6.07) is 18.6. The summed E-state index contributed by atoms with van der Waals surface area (Å²) in [6.45, 7) is 9.66. The van der Waals surface area contributed by atoms with E-state index in [1.165, 1.54) is 19.5 Å². The molecule has 3 aromatic rings. The number of nitrogens with zero attached hydrogens (tertiary/aromatic N) is 3. The first kappa shape index (κ1) is 22.5. The Morgan fingerprint density at radius 3 is 2.47 bits per heavy atom. The van der Waals surface area contributed by atoms with Crippen molar-refractivity contribution in [2.75, 3.05) is 26.2 Å². The predicted octanol–water partition coefficient (Wildman–Crippen LogP) is 4.97. The number of carbonyl (C=O) groups excluding carboxylic acids is 1. The number of para-hydroxylation sites is 1. The molecule has 1 aromatic heterocycles. The highest BCUT2D eigenvalue weighted by Gasteiger charge is 2.21. The van der Waals surface area contributed by atoms with Gasteiger partial charge in [-0.2, -0.15) is 5.10 Å². The molecular weight excluding hydrogens is 396 g/mol. The molecular formula is C27H36N4O. The lowest BCUT2D eigenvalue weighted by molar-refractivity contribution is -0.121. The minimum Gasteiger partial charge on any atom is -0.356 e. The van der Waals surface area contributed by atoms with Gasteiger partial charge in [0.2, 0.25) is 5.91 Å². The van der Waals surface area contributed by atoms with Crippen molar-refractivity contribution < 1.29 is 4.79 Å². The van der Waals surface area contributed by atoms with E-state index < -0.39 is 0 Å². The number of hydrogen-bond acceptors (Lipinski definition) is 3. The number of fused-ring (bicyclic) bond motifs is 1. The molecule has 1 saturated heterocycles. The summed E-state index contributed by atoms with van der Waals surface area (Å²) < 4.78 is 2.05. The van der Waals surface area contributed by atoms with Gasteiger partial charge in [0.05, 0.1) is 5.52 Å². The van der Waals surface area contributed by atoms with Crippen LogP contribution in [-0.4, -0.2) is 46.8 Å². The van der Waals surface area contributed by atoms with Crippen LogP contribution in [0.25, 0.3) is 22.2 Å². The Morgan fingerprint density at radius 2 is 1.69 bits per heavy atom. The molecule has 170 valence electrons. The van der Waals surface area contributed by atoms with E-state index in [4.69, 9.17) is 5.10 Å². The molecule has 0 saturated carbocycles. The highest BCUT2D eigenvalue weighted by molar-refractivity contribution is 5.93. The third kappa shape index (κ3) is 5.77. The lowest BCUT2D eigenvalue weighted by atomic mass is 9.92. The summed E-state index contributed by atoms with van der Waals surface area (Å²) in [5.74, 6) is 1.72. The Bertz CT molecular complexity index is 1000. The molecule has 1 fully saturated rings. The Hall–Kier alpha value is -2.66.